The van der Waals surface area contributed by atoms with Crippen LogP contribution in [0.2, 0.25) is 0 Å². The SMILES string of the molecule is Cc1ccc(CN2C(=O)COC[C@H]2C(=O)Nc2ccc(F)c(F)c2)cc1. The van der Waals surface area contributed by atoms with Crippen molar-refractivity contribution in [1.82, 2.24) is 4.90 Å². The van der Waals surface area contributed by atoms with Crippen LogP contribution >= 0.6 is 0 Å². The number of anilines is 1. The molecule has 1 aliphatic heterocycles. The van der Waals surface area contributed by atoms with Gasteiger partial charge in [0.1, 0.15) is 12.6 Å². The number of benzene rings is 2. The fraction of sp³-hybridized carbons (Fsp3) is 0.263. The molecular formula is C19H18F2N2O3. The zero-order valence-corrected chi connectivity index (χ0v) is 14.2. The Morgan fingerprint density at radius 3 is 2.62 bits per heavy atom. The molecule has 136 valence electrons. The van der Waals surface area contributed by atoms with Gasteiger partial charge in [-0.05, 0) is 24.6 Å². The molecule has 0 aromatic heterocycles. The normalized spacial score (nSPS) is 17.3. The van der Waals surface area contributed by atoms with Gasteiger partial charge in [0.25, 0.3) is 0 Å². The summed E-state index contributed by atoms with van der Waals surface area (Å²) in [5.74, 6) is -2.88. The minimum atomic E-state index is -1.06. The molecule has 1 saturated heterocycles. The van der Waals surface area contributed by atoms with Crippen LogP contribution in [0.3, 0.4) is 0 Å². The molecule has 2 aromatic carbocycles. The lowest BCUT2D eigenvalue weighted by Crippen LogP contribution is -2.54. The number of nitrogens with zero attached hydrogens (tertiary/aromatic N) is 1. The maximum absolute atomic E-state index is 13.3. The molecular weight excluding hydrogens is 342 g/mol. The summed E-state index contributed by atoms with van der Waals surface area (Å²) >= 11 is 0. The first-order valence-corrected chi connectivity index (χ1v) is 8.13. The molecule has 0 unspecified atom stereocenters. The maximum Gasteiger partial charge on any atom is 0.249 e. The predicted octanol–water partition coefficient (Wildman–Crippen LogP) is 2.64. The van der Waals surface area contributed by atoms with Crippen LogP contribution in [-0.2, 0) is 20.9 Å². The molecule has 2 aromatic rings. The Morgan fingerprint density at radius 1 is 1.19 bits per heavy atom. The van der Waals surface area contributed by atoms with Crippen LogP contribution in [0.15, 0.2) is 42.5 Å². The summed E-state index contributed by atoms with van der Waals surface area (Å²) in [5.41, 5.74) is 2.09. The van der Waals surface area contributed by atoms with Crippen molar-refractivity contribution in [3.63, 3.8) is 0 Å². The standard InChI is InChI=1S/C19H18F2N2O3/c1-12-2-4-13(5-3-12)9-23-17(10-26-11-18(23)24)19(25)22-14-6-7-15(20)16(21)8-14/h2-8,17H,9-11H2,1H3,(H,22,25)/t17-/m0/s1. The Morgan fingerprint density at radius 2 is 1.92 bits per heavy atom. The number of halogens is 2. The third-order valence-electron chi connectivity index (χ3n) is 4.16. The first-order valence-electron chi connectivity index (χ1n) is 8.13. The van der Waals surface area contributed by atoms with Gasteiger partial charge >= 0.3 is 0 Å². The second kappa shape index (κ2) is 7.61. The summed E-state index contributed by atoms with van der Waals surface area (Å²) in [6.07, 6.45) is 0. The highest BCUT2D eigenvalue weighted by Crippen LogP contribution is 2.18. The quantitative estimate of drug-likeness (QED) is 0.912. The second-order valence-electron chi connectivity index (χ2n) is 6.16. The number of hydrogen-bond acceptors (Lipinski definition) is 3. The van der Waals surface area contributed by atoms with Gasteiger partial charge in [-0.3, -0.25) is 9.59 Å². The third kappa shape index (κ3) is 4.05. The van der Waals surface area contributed by atoms with E-state index in [1.807, 2.05) is 31.2 Å². The van der Waals surface area contributed by atoms with Crippen molar-refractivity contribution in [2.24, 2.45) is 0 Å². The lowest BCUT2D eigenvalue weighted by molar-refractivity contribution is -0.154. The predicted molar refractivity (Wildman–Crippen MR) is 91.3 cm³/mol. The number of aryl methyl sites for hydroxylation is 1. The van der Waals surface area contributed by atoms with Crippen molar-refractivity contribution < 1.29 is 23.1 Å². The third-order valence-corrected chi connectivity index (χ3v) is 4.16. The maximum atomic E-state index is 13.3. The summed E-state index contributed by atoms with van der Waals surface area (Å²) in [6.45, 7) is 2.16. The Balaban J connectivity index is 1.76. The number of amides is 2. The molecule has 7 heteroatoms. The molecule has 1 atom stereocenters. The van der Waals surface area contributed by atoms with E-state index in [0.717, 1.165) is 23.3 Å². The molecule has 3 rings (SSSR count). The fourth-order valence-corrected chi connectivity index (χ4v) is 2.71. The molecule has 0 saturated carbocycles. The van der Waals surface area contributed by atoms with E-state index in [1.165, 1.54) is 11.0 Å². The zero-order chi connectivity index (χ0) is 18.7. The highest BCUT2D eigenvalue weighted by atomic mass is 19.2. The van der Waals surface area contributed by atoms with Gasteiger partial charge in [0, 0.05) is 18.3 Å². The van der Waals surface area contributed by atoms with Crippen LogP contribution in [-0.4, -0.2) is 36.0 Å². The average molecular weight is 360 g/mol. The van der Waals surface area contributed by atoms with Gasteiger partial charge in [-0.2, -0.15) is 0 Å². The highest BCUT2D eigenvalue weighted by Gasteiger charge is 2.34. The molecule has 5 nitrogen and oxygen atoms in total. The van der Waals surface area contributed by atoms with Gasteiger partial charge in [0.15, 0.2) is 11.6 Å². The van der Waals surface area contributed by atoms with Crippen LogP contribution < -0.4 is 5.32 Å². The molecule has 0 aliphatic carbocycles. The summed E-state index contributed by atoms with van der Waals surface area (Å²) in [5, 5.41) is 2.51. The van der Waals surface area contributed by atoms with Crippen molar-refractivity contribution in [1.29, 1.82) is 0 Å². The molecule has 1 fully saturated rings. The van der Waals surface area contributed by atoms with Crippen molar-refractivity contribution in [2.75, 3.05) is 18.5 Å². The molecule has 0 spiro atoms. The van der Waals surface area contributed by atoms with E-state index in [2.05, 4.69) is 5.32 Å². The molecule has 2 amide bonds. The monoisotopic (exact) mass is 360 g/mol. The van der Waals surface area contributed by atoms with Crippen LogP contribution in [0.25, 0.3) is 0 Å². The lowest BCUT2D eigenvalue weighted by atomic mass is 10.1. The molecule has 0 radical (unpaired) electrons. The van der Waals surface area contributed by atoms with E-state index in [9.17, 15) is 18.4 Å². The summed E-state index contributed by atoms with van der Waals surface area (Å²) < 4.78 is 31.5. The van der Waals surface area contributed by atoms with Gasteiger partial charge < -0.3 is 15.0 Å². The van der Waals surface area contributed by atoms with Crippen LogP contribution in [0.4, 0.5) is 14.5 Å². The zero-order valence-electron chi connectivity index (χ0n) is 14.2. The minimum absolute atomic E-state index is 0.0348. The number of ether oxygens (including phenoxy) is 1. The van der Waals surface area contributed by atoms with Crippen molar-refractivity contribution in [3.05, 3.63) is 65.2 Å². The van der Waals surface area contributed by atoms with Crippen molar-refractivity contribution in [2.45, 2.75) is 19.5 Å². The Labute approximate surface area is 149 Å². The topological polar surface area (TPSA) is 58.6 Å². The number of carbonyl (C=O) groups excluding carboxylic acids is 2. The largest absolute Gasteiger partial charge is 0.369 e. The van der Waals surface area contributed by atoms with E-state index in [-0.39, 0.29) is 31.4 Å². The molecule has 1 heterocycles. The number of carbonyl (C=O) groups is 2. The Bertz CT molecular complexity index is 824. The van der Waals surface area contributed by atoms with Crippen molar-refractivity contribution in [3.8, 4) is 0 Å². The Hall–Kier alpha value is -2.80. The van der Waals surface area contributed by atoms with Crippen LogP contribution in [0.1, 0.15) is 11.1 Å². The molecule has 0 bridgehead atoms. The van der Waals surface area contributed by atoms with E-state index in [4.69, 9.17) is 4.74 Å². The van der Waals surface area contributed by atoms with Gasteiger partial charge in [-0.15, -0.1) is 0 Å². The van der Waals surface area contributed by atoms with Crippen molar-refractivity contribution >= 4 is 17.5 Å². The summed E-state index contributed by atoms with van der Waals surface area (Å²) in [7, 11) is 0. The van der Waals surface area contributed by atoms with Gasteiger partial charge in [-0.1, -0.05) is 29.8 Å². The highest BCUT2D eigenvalue weighted by molar-refractivity contribution is 5.97. The molecule has 26 heavy (non-hydrogen) atoms. The minimum Gasteiger partial charge on any atom is -0.369 e. The second-order valence-corrected chi connectivity index (χ2v) is 6.16. The van der Waals surface area contributed by atoms with Crippen LogP contribution in [0, 0.1) is 18.6 Å². The lowest BCUT2D eigenvalue weighted by Gasteiger charge is -2.34. The van der Waals surface area contributed by atoms with E-state index < -0.39 is 23.6 Å². The van der Waals surface area contributed by atoms with Crippen LogP contribution in [0.5, 0.6) is 0 Å². The molecule has 1 aliphatic rings. The Kier molecular flexibility index (Phi) is 5.27. The van der Waals surface area contributed by atoms with E-state index in [0.29, 0.717) is 0 Å². The van der Waals surface area contributed by atoms with Gasteiger partial charge in [0.05, 0.1) is 6.61 Å². The van der Waals surface area contributed by atoms with Gasteiger partial charge in [-0.25, -0.2) is 8.78 Å². The smallest absolute Gasteiger partial charge is 0.249 e. The van der Waals surface area contributed by atoms with Gasteiger partial charge in [0.2, 0.25) is 11.8 Å². The average Bonchev–Trinajstić information content (AvgIpc) is 2.61. The number of nitrogens with one attached hydrogen (secondary N) is 1. The first kappa shape index (κ1) is 18.0. The summed E-state index contributed by atoms with van der Waals surface area (Å²) in [6, 6.07) is 9.86. The first-order chi connectivity index (χ1) is 12.4. The summed E-state index contributed by atoms with van der Waals surface area (Å²) in [4.78, 5) is 26.2. The van der Waals surface area contributed by atoms with E-state index in [1.54, 1.807) is 0 Å². The fourth-order valence-electron chi connectivity index (χ4n) is 2.71. The number of morpholine rings is 1. The number of hydrogen-bond donors (Lipinski definition) is 1. The molecule has 1 N–H and O–H groups in total. The number of rotatable bonds is 4. The van der Waals surface area contributed by atoms with E-state index >= 15 is 0 Å².